The summed E-state index contributed by atoms with van der Waals surface area (Å²) in [4.78, 5) is 12.6. The van der Waals surface area contributed by atoms with E-state index >= 15 is 0 Å². The zero-order valence-electron chi connectivity index (χ0n) is 17.8. The highest BCUT2D eigenvalue weighted by Gasteiger charge is 2.19. The summed E-state index contributed by atoms with van der Waals surface area (Å²) in [5, 5.41) is 24.9. The van der Waals surface area contributed by atoms with Crippen molar-refractivity contribution in [2.45, 2.75) is 25.0 Å². The van der Waals surface area contributed by atoms with Crippen LogP contribution in [0.5, 0.6) is 0 Å². The summed E-state index contributed by atoms with van der Waals surface area (Å²) in [6.07, 6.45) is 0.289. The molecule has 0 spiro atoms. The Hall–Kier alpha value is -3.97. The molecule has 0 fully saturated rings. The quantitative estimate of drug-likeness (QED) is 0.394. The minimum atomic E-state index is -0.405. The Morgan fingerprint density at radius 3 is 2.67 bits per heavy atom. The first-order chi connectivity index (χ1) is 16.1. The van der Waals surface area contributed by atoms with E-state index in [-0.39, 0.29) is 18.1 Å². The standard InChI is InChI=1S/C23H20FN7OS/c1-16-14-20(30(29-16)13-7-12-25)26-21(32)15-33-23-28-27-22(18-10-5-6-11-19(18)24)31(23)17-8-3-2-4-9-17/h2-6,8-11,14H,7,13,15H2,1H3,(H,26,32). The maximum absolute atomic E-state index is 14.5. The van der Waals surface area contributed by atoms with E-state index in [1.165, 1.54) is 17.8 Å². The number of aryl methyl sites for hydroxylation is 2. The number of nitrogens with one attached hydrogen (secondary N) is 1. The van der Waals surface area contributed by atoms with Crippen molar-refractivity contribution in [2.24, 2.45) is 0 Å². The summed E-state index contributed by atoms with van der Waals surface area (Å²) in [6.45, 7) is 2.21. The number of halogens is 1. The van der Waals surface area contributed by atoms with Gasteiger partial charge in [0.2, 0.25) is 5.91 Å². The monoisotopic (exact) mass is 461 g/mol. The summed E-state index contributed by atoms with van der Waals surface area (Å²) in [7, 11) is 0. The number of hydrogen-bond donors (Lipinski definition) is 1. The highest BCUT2D eigenvalue weighted by atomic mass is 32.2. The number of carbonyl (C=O) groups excluding carboxylic acids is 1. The molecule has 0 unspecified atom stereocenters. The molecular weight excluding hydrogens is 441 g/mol. The van der Waals surface area contributed by atoms with Crippen molar-refractivity contribution in [1.29, 1.82) is 5.26 Å². The first-order valence-corrected chi connectivity index (χ1v) is 11.1. The molecular formula is C23H20FN7OS. The van der Waals surface area contributed by atoms with Crippen molar-refractivity contribution in [2.75, 3.05) is 11.1 Å². The third kappa shape index (κ3) is 5.10. The van der Waals surface area contributed by atoms with E-state index in [2.05, 4.69) is 26.7 Å². The van der Waals surface area contributed by atoms with Crippen LogP contribution in [0, 0.1) is 24.1 Å². The van der Waals surface area contributed by atoms with Crippen molar-refractivity contribution in [3.05, 3.63) is 72.2 Å². The fourth-order valence-corrected chi connectivity index (χ4v) is 4.02. The van der Waals surface area contributed by atoms with Crippen LogP contribution in [0.25, 0.3) is 17.1 Å². The predicted molar refractivity (Wildman–Crippen MR) is 123 cm³/mol. The Kier molecular flexibility index (Phi) is 6.80. The molecule has 0 saturated heterocycles. The Balaban J connectivity index is 1.56. The van der Waals surface area contributed by atoms with Gasteiger partial charge in [-0.3, -0.25) is 9.36 Å². The van der Waals surface area contributed by atoms with Gasteiger partial charge < -0.3 is 5.32 Å². The van der Waals surface area contributed by atoms with Gasteiger partial charge >= 0.3 is 0 Å². The molecule has 166 valence electrons. The van der Waals surface area contributed by atoms with E-state index in [9.17, 15) is 9.18 Å². The molecule has 4 aromatic rings. The average Bonchev–Trinajstić information content (AvgIpc) is 3.40. The molecule has 0 saturated carbocycles. The van der Waals surface area contributed by atoms with Gasteiger partial charge in [0.05, 0.1) is 36.0 Å². The highest BCUT2D eigenvalue weighted by Crippen LogP contribution is 2.29. The number of carbonyl (C=O) groups is 1. The van der Waals surface area contributed by atoms with E-state index in [0.29, 0.717) is 28.9 Å². The van der Waals surface area contributed by atoms with Gasteiger partial charge in [0.1, 0.15) is 11.6 Å². The Labute approximate surface area is 194 Å². The topological polar surface area (TPSA) is 101 Å². The van der Waals surface area contributed by atoms with Crippen LogP contribution in [0.15, 0.2) is 65.8 Å². The first-order valence-electron chi connectivity index (χ1n) is 10.2. The average molecular weight is 462 g/mol. The van der Waals surface area contributed by atoms with Crippen molar-refractivity contribution < 1.29 is 9.18 Å². The molecule has 4 rings (SSSR count). The summed E-state index contributed by atoms with van der Waals surface area (Å²) in [5.74, 6) is 0.285. The lowest BCUT2D eigenvalue weighted by Gasteiger charge is -2.11. The molecule has 2 aromatic heterocycles. The zero-order chi connectivity index (χ0) is 23.2. The molecule has 33 heavy (non-hydrogen) atoms. The molecule has 8 nitrogen and oxygen atoms in total. The molecule has 1 amide bonds. The van der Waals surface area contributed by atoms with Crippen LogP contribution in [0.2, 0.25) is 0 Å². The van der Waals surface area contributed by atoms with Crippen LogP contribution >= 0.6 is 11.8 Å². The zero-order valence-corrected chi connectivity index (χ0v) is 18.6. The van der Waals surface area contributed by atoms with E-state index in [1.807, 2.05) is 37.3 Å². The molecule has 0 bridgehead atoms. The molecule has 10 heteroatoms. The Morgan fingerprint density at radius 1 is 1.15 bits per heavy atom. The van der Waals surface area contributed by atoms with Gasteiger partial charge in [-0.15, -0.1) is 10.2 Å². The van der Waals surface area contributed by atoms with Crippen LogP contribution < -0.4 is 5.32 Å². The fraction of sp³-hybridized carbons (Fsp3) is 0.174. The van der Waals surface area contributed by atoms with Crippen LogP contribution in [-0.2, 0) is 11.3 Å². The van der Waals surface area contributed by atoms with E-state index in [1.54, 1.807) is 33.5 Å². The second-order valence-electron chi connectivity index (χ2n) is 7.10. The number of rotatable bonds is 8. The SMILES string of the molecule is Cc1cc(NC(=O)CSc2nnc(-c3ccccc3F)n2-c2ccccc2)n(CCC#N)n1. The van der Waals surface area contributed by atoms with Crippen molar-refractivity contribution >= 4 is 23.5 Å². The summed E-state index contributed by atoms with van der Waals surface area (Å²) >= 11 is 1.19. The van der Waals surface area contributed by atoms with Crippen LogP contribution in [0.3, 0.4) is 0 Å². The van der Waals surface area contributed by atoms with E-state index < -0.39 is 5.82 Å². The van der Waals surface area contributed by atoms with Gasteiger partial charge in [-0.2, -0.15) is 10.4 Å². The van der Waals surface area contributed by atoms with Gasteiger partial charge in [0.25, 0.3) is 0 Å². The second-order valence-corrected chi connectivity index (χ2v) is 8.04. The van der Waals surface area contributed by atoms with Crippen molar-refractivity contribution in [1.82, 2.24) is 24.5 Å². The number of anilines is 1. The number of para-hydroxylation sites is 1. The molecule has 0 aliphatic carbocycles. The smallest absolute Gasteiger partial charge is 0.235 e. The summed E-state index contributed by atoms with van der Waals surface area (Å²) in [5.41, 5.74) is 1.82. The van der Waals surface area contributed by atoms with Crippen LogP contribution in [0.1, 0.15) is 12.1 Å². The minimum absolute atomic E-state index is 0.0602. The summed E-state index contributed by atoms with van der Waals surface area (Å²) < 4.78 is 17.8. The number of hydrogen-bond acceptors (Lipinski definition) is 6. The normalized spacial score (nSPS) is 10.7. The lowest BCUT2D eigenvalue weighted by molar-refractivity contribution is -0.113. The van der Waals surface area contributed by atoms with Gasteiger partial charge in [0.15, 0.2) is 11.0 Å². The lowest BCUT2D eigenvalue weighted by atomic mass is 10.2. The van der Waals surface area contributed by atoms with Crippen molar-refractivity contribution in [3.8, 4) is 23.1 Å². The number of thioether (sulfide) groups is 1. The van der Waals surface area contributed by atoms with Crippen molar-refractivity contribution in [3.63, 3.8) is 0 Å². The van der Waals surface area contributed by atoms with Gasteiger partial charge in [-0.25, -0.2) is 9.07 Å². The third-order valence-electron chi connectivity index (χ3n) is 4.70. The summed E-state index contributed by atoms with van der Waals surface area (Å²) in [6, 6.07) is 19.5. The molecule has 0 atom stereocenters. The Bertz CT molecular complexity index is 1310. The fourth-order valence-electron chi connectivity index (χ4n) is 3.27. The first kappa shape index (κ1) is 22.2. The Morgan fingerprint density at radius 2 is 1.91 bits per heavy atom. The van der Waals surface area contributed by atoms with E-state index in [4.69, 9.17) is 5.26 Å². The number of aromatic nitrogens is 5. The number of benzene rings is 2. The number of nitriles is 1. The van der Waals surface area contributed by atoms with Crippen LogP contribution in [-0.4, -0.2) is 36.2 Å². The molecule has 2 aromatic carbocycles. The molecule has 0 radical (unpaired) electrons. The number of amides is 1. The molecule has 0 aliphatic rings. The van der Waals surface area contributed by atoms with E-state index in [0.717, 1.165) is 11.4 Å². The van der Waals surface area contributed by atoms with Gasteiger partial charge in [-0.05, 0) is 31.2 Å². The number of nitrogens with zero attached hydrogens (tertiary/aromatic N) is 6. The molecule has 0 aliphatic heterocycles. The van der Waals surface area contributed by atoms with Gasteiger partial charge in [-0.1, -0.05) is 42.1 Å². The third-order valence-corrected chi connectivity index (χ3v) is 5.63. The molecule has 1 N–H and O–H groups in total. The molecule has 2 heterocycles. The second kappa shape index (κ2) is 10.1. The van der Waals surface area contributed by atoms with Crippen LogP contribution in [0.4, 0.5) is 10.2 Å². The highest BCUT2D eigenvalue weighted by molar-refractivity contribution is 7.99. The maximum atomic E-state index is 14.5. The predicted octanol–water partition coefficient (Wildman–Crippen LogP) is 4.22. The maximum Gasteiger partial charge on any atom is 0.235 e. The van der Waals surface area contributed by atoms with Gasteiger partial charge in [0, 0.05) is 11.8 Å². The largest absolute Gasteiger partial charge is 0.310 e. The minimum Gasteiger partial charge on any atom is -0.310 e. The lowest BCUT2D eigenvalue weighted by Crippen LogP contribution is -2.18.